The van der Waals surface area contributed by atoms with Crippen LogP contribution in [0, 0.1) is 6.92 Å². The first kappa shape index (κ1) is 22.7. The third kappa shape index (κ3) is 5.19. The van der Waals surface area contributed by atoms with E-state index in [-0.39, 0.29) is 18.6 Å². The predicted molar refractivity (Wildman–Crippen MR) is 120 cm³/mol. The van der Waals surface area contributed by atoms with Gasteiger partial charge in [-0.2, -0.15) is 0 Å². The summed E-state index contributed by atoms with van der Waals surface area (Å²) in [5, 5.41) is 3.09. The van der Waals surface area contributed by atoms with Gasteiger partial charge in [-0.3, -0.25) is 9.69 Å². The molecular formula is C25H32N2O4. The molecule has 0 radical (unpaired) electrons. The topological polar surface area (TPSA) is 67.9 Å². The minimum atomic E-state index is -0.947. The van der Waals surface area contributed by atoms with Crippen molar-refractivity contribution in [2.24, 2.45) is 0 Å². The van der Waals surface area contributed by atoms with Gasteiger partial charge < -0.3 is 14.8 Å². The Morgan fingerprint density at radius 1 is 1.19 bits per heavy atom. The van der Waals surface area contributed by atoms with Crippen molar-refractivity contribution in [1.82, 2.24) is 10.2 Å². The molecule has 0 spiro atoms. The van der Waals surface area contributed by atoms with Crippen molar-refractivity contribution in [3.8, 4) is 5.75 Å². The monoisotopic (exact) mass is 424 g/mol. The quantitative estimate of drug-likeness (QED) is 0.696. The molecule has 166 valence electrons. The van der Waals surface area contributed by atoms with Crippen LogP contribution in [0.25, 0.3) is 0 Å². The highest BCUT2D eigenvalue weighted by molar-refractivity contribution is 5.90. The van der Waals surface area contributed by atoms with Crippen molar-refractivity contribution in [3.63, 3.8) is 0 Å². The number of carbonyl (C=O) groups excluding carboxylic acids is 2. The Morgan fingerprint density at radius 2 is 1.94 bits per heavy atom. The van der Waals surface area contributed by atoms with Gasteiger partial charge in [-0.25, -0.2) is 4.79 Å². The molecule has 0 bridgehead atoms. The summed E-state index contributed by atoms with van der Waals surface area (Å²) >= 11 is 0. The Balaban J connectivity index is 1.69. The number of rotatable bonds is 7. The van der Waals surface area contributed by atoms with Gasteiger partial charge in [0.1, 0.15) is 17.9 Å². The molecule has 1 saturated heterocycles. The maximum Gasteiger partial charge on any atom is 0.410 e. The van der Waals surface area contributed by atoms with Crippen LogP contribution >= 0.6 is 0 Å². The van der Waals surface area contributed by atoms with Crippen molar-refractivity contribution < 1.29 is 19.1 Å². The standard InChI is InChI=1S/C25H32N2O4/c1-5-30-22-13-12-18(2)16-21(22)19(3)26-23(28)25(4)14-9-15-27(25)24(29)31-17-20-10-7-6-8-11-20/h6-8,10-13,16,19H,5,9,14-15,17H2,1-4H3,(H,26,28). The average Bonchev–Trinajstić information content (AvgIpc) is 3.17. The van der Waals surface area contributed by atoms with Gasteiger partial charge in [-0.05, 0) is 52.2 Å². The molecule has 1 aliphatic heterocycles. The summed E-state index contributed by atoms with van der Waals surface area (Å²) in [4.78, 5) is 27.6. The number of nitrogens with zero attached hydrogens (tertiary/aromatic N) is 1. The maximum absolute atomic E-state index is 13.3. The van der Waals surface area contributed by atoms with E-state index in [0.717, 1.165) is 28.9 Å². The summed E-state index contributed by atoms with van der Waals surface area (Å²) in [5.74, 6) is 0.578. The summed E-state index contributed by atoms with van der Waals surface area (Å²) in [6.07, 6.45) is 0.892. The number of aryl methyl sites for hydroxylation is 1. The molecule has 2 aromatic rings. The number of carbonyl (C=O) groups is 2. The number of hydrogen-bond acceptors (Lipinski definition) is 4. The molecule has 6 nitrogen and oxygen atoms in total. The number of ether oxygens (including phenoxy) is 2. The molecule has 6 heteroatoms. The Kier molecular flexibility index (Phi) is 7.21. The second-order valence-electron chi connectivity index (χ2n) is 8.24. The summed E-state index contributed by atoms with van der Waals surface area (Å²) in [7, 11) is 0. The largest absolute Gasteiger partial charge is 0.494 e. The van der Waals surface area contributed by atoms with E-state index in [0.29, 0.717) is 19.6 Å². The van der Waals surface area contributed by atoms with E-state index in [1.54, 1.807) is 4.90 Å². The molecule has 2 unspecified atom stereocenters. The Morgan fingerprint density at radius 3 is 2.65 bits per heavy atom. The highest BCUT2D eigenvalue weighted by atomic mass is 16.6. The highest BCUT2D eigenvalue weighted by Gasteiger charge is 2.47. The summed E-state index contributed by atoms with van der Waals surface area (Å²) < 4.78 is 11.2. The van der Waals surface area contributed by atoms with Gasteiger partial charge in [-0.15, -0.1) is 0 Å². The van der Waals surface area contributed by atoms with Gasteiger partial charge >= 0.3 is 6.09 Å². The van der Waals surface area contributed by atoms with E-state index in [1.165, 1.54) is 0 Å². The van der Waals surface area contributed by atoms with Crippen LogP contribution in [0.4, 0.5) is 4.79 Å². The Labute approximate surface area is 184 Å². The lowest BCUT2D eigenvalue weighted by Crippen LogP contribution is -2.55. The van der Waals surface area contributed by atoms with E-state index >= 15 is 0 Å². The van der Waals surface area contributed by atoms with Gasteiger partial charge in [0, 0.05) is 12.1 Å². The van der Waals surface area contributed by atoms with Crippen molar-refractivity contribution in [2.45, 2.75) is 58.7 Å². The van der Waals surface area contributed by atoms with Gasteiger partial charge in [0.05, 0.1) is 12.6 Å². The van der Waals surface area contributed by atoms with Crippen molar-refractivity contribution >= 4 is 12.0 Å². The summed E-state index contributed by atoms with van der Waals surface area (Å²) in [5.41, 5.74) is 1.99. The van der Waals surface area contributed by atoms with E-state index in [9.17, 15) is 9.59 Å². The Bertz CT molecular complexity index is 915. The molecule has 0 aromatic heterocycles. The van der Waals surface area contributed by atoms with Crippen LogP contribution in [0.2, 0.25) is 0 Å². The van der Waals surface area contributed by atoms with Crippen LogP contribution in [-0.4, -0.2) is 35.6 Å². The van der Waals surface area contributed by atoms with Crippen molar-refractivity contribution in [2.75, 3.05) is 13.2 Å². The first-order valence-electron chi connectivity index (χ1n) is 10.9. The first-order chi connectivity index (χ1) is 14.8. The van der Waals surface area contributed by atoms with Crippen LogP contribution in [0.15, 0.2) is 48.5 Å². The smallest absolute Gasteiger partial charge is 0.410 e. The molecular weight excluding hydrogens is 392 g/mol. The second kappa shape index (κ2) is 9.86. The number of likely N-dealkylation sites (tertiary alicyclic amines) is 1. The van der Waals surface area contributed by atoms with Crippen molar-refractivity contribution in [3.05, 3.63) is 65.2 Å². The van der Waals surface area contributed by atoms with Gasteiger partial charge in [-0.1, -0.05) is 48.0 Å². The normalized spacial score (nSPS) is 19.0. The van der Waals surface area contributed by atoms with Crippen LogP contribution in [-0.2, 0) is 16.1 Å². The lowest BCUT2D eigenvalue weighted by molar-refractivity contribution is -0.131. The molecule has 0 aliphatic carbocycles. The zero-order valence-electron chi connectivity index (χ0n) is 18.8. The number of nitrogens with one attached hydrogen (secondary N) is 1. The molecule has 31 heavy (non-hydrogen) atoms. The molecule has 1 fully saturated rings. The molecule has 2 aromatic carbocycles. The second-order valence-corrected chi connectivity index (χ2v) is 8.24. The van der Waals surface area contributed by atoms with Gasteiger partial charge in [0.15, 0.2) is 0 Å². The number of amides is 2. The molecule has 0 saturated carbocycles. The molecule has 1 aliphatic rings. The maximum atomic E-state index is 13.3. The predicted octanol–water partition coefficient (Wildman–Crippen LogP) is 4.76. The molecule has 2 atom stereocenters. The fourth-order valence-electron chi connectivity index (χ4n) is 4.01. The van der Waals surface area contributed by atoms with Crippen LogP contribution in [0.1, 0.15) is 56.3 Å². The van der Waals surface area contributed by atoms with Crippen LogP contribution in [0.5, 0.6) is 5.75 Å². The van der Waals surface area contributed by atoms with Gasteiger partial charge in [0.2, 0.25) is 5.91 Å². The third-order valence-corrected chi connectivity index (χ3v) is 5.83. The minimum absolute atomic E-state index is 0.182. The summed E-state index contributed by atoms with van der Waals surface area (Å²) in [6, 6.07) is 15.2. The van der Waals surface area contributed by atoms with Crippen LogP contribution < -0.4 is 10.1 Å². The lowest BCUT2D eigenvalue weighted by Gasteiger charge is -2.34. The fraction of sp³-hybridized carbons (Fsp3) is 0.440. The molecule has 1 N–H and O–H groups in total. The van der Waals surface area contributed by atoms with Crippen molar-refractivity contribution in [1.29, 1.82) is 0 Å². The zero-order valence-corrected chi connectivity index (χ0v) is 18.8. The zero-order chi connectivity index (χ0) is 22.4. The van der Waals surface area contributed by atoms with E-state index in [2.05, 4.69) is 5.32 Å². The van der Waals surface area contributed by atoms with Crippen LogP contribution in [0.3, 0.4) is 0 Å². The first-order valence-corrected chi connectivity index (χ1v) is 10.9. The summed E-state index contributed by atoms with van der Waals surface area (Å²) in [6.45, 7) is 8.93. The number of benzene rings is 2. The van der Waals surface area contributed by atoms with E-state index in [1.807, 2.05) is 76.2 Å². The lowest BCUT2D eigenvalue weighted by atomic mass is 9.96. The van der Waals surface area contributed by atoms with E-state index < -0.39 is 11.6 Å². The molecule has 2 amide bonds. The third-order valence-electron chi connectivity index (χ3n) is 5.83. The fourth-order valence-corrected chi connectivity index (χ4v) is 4.01. The minimum Gasteiger partial charge on any atom is -0.494 e. The van der Waals surface area contributed by atoms with Gasteiger partial charge in [0.25, 0.3) is 0 Å². The SMILES string of the molecule is CCOc1ccc(C)cc1C(C)NC(=O)C1(C)CCCN1C(=O)OCc1ccccc1. The molecule has 1 heterocycles. The highest BCUT2D eigenvalue weighted by Crippen LogP contribution is 2.32. The molecule has 3 rings (SSSR count). The average molecular weight is 425 g/mol. The van der Waals surface area contributed by atoms with E-state index in [4.69, 9.17) is 9.47 Å². The Hall–Kier alpha value is -3.02. The number of hydrogen-bond donors (Lipinski definition) is 1.